The van der Waals surface area contributed by atoms with E-state index < -0.39 is 11.5 Å². The van der Waals surface area contributed by atoms with E-state index >= 15 is 0 Å². The van der Waals surface area contributed by atoms with Gasteiger partial charge in [-0.3, -0.25) is 9.59 Å². The molecule has 1 aromatic carbocycles. The van der Waals surface area contributed by atoms with E-state index in [0.717, 1.165) is 0 Å². The van der Waals surface area contributed by atoms with Gasteiger partial charge in [0, 0.05) is 15.9 Å². The van der Waals surface area contributed by atoms with Gasteiger partial charge in [0.15, 0.2) is 0 Å². The van der Waals surface area contributed by atoms with Crippen LogP contribution in [0.5, 0.6) is 0 Å². The molecule has 2 N–H and O–H groups in total. The van der Waals surface area contributed by atoms with Gasteiger partial charge in [0.25, 0.3) is 11.5 Å². The number of rotatable bonds is 2. The third-order valence-electron chi connectivity index (χ3n) is 2.48. The van der Waals surface area contributed by atoms with Gasteiger partial charge < -0.3 is 10.3 Å². The van der Waals surface area contributed by atoms with Gasteiger partial charge in [0.1, 0.15) is 5.56 Å². The van der Waals surface area contributed by atoms with Crippen molar-refractivity contribution in [3.63, 3.8) is 0 Å². The van der Waals surface area contributed by atoms with E-state index in [1.807, 2.05) is 0 Å². The van der Waals surface area contributed by atoms with E-state index in [0.29, 0.717) is 20.9 Å². The summed E-state index contributed by atoms with van der Waals surface area (Å²) in [5.74, 6) is -0.463. The van der Waals surface area contributed by atoms with E-state index in [-0.39, 0.29) is 5.56 Å². The molecule has 6 heteroatoms. The van der Waals surface area contributed by atoms with Crippen LogP contribution in [0.2, 0.25) is 5.02 Å². The number of hydrogen-bond donors (Lipinski definition) is 2. The van der Waals surface area contributed by atoms with Gasteiger partial charge in [-0.05, 0) is 53.2 Å². The zero-order valence-electron chi connectivity index (χ0n) is 9.96. The summed E-state index contributed by atoms with van der Waals surface area (Å²) < 4.78 is 0.671. The van der Waals surface area contributed by atoms with E-state index in [9.17, 15) is 9.59 Å². The van der Waals surface area contributed by atoms with Crippen LogP contribution < -0.4 is 10.9 Å². The second-order valence-electron chi connectivity index (χ2n) is 3.97. The third kappa shape index (κ3) is 3.24. The van der Waals surface area contributed by atoms with Gasteiger partial charge in [0.05, 0.1) is 5.02 Å². The molecule has 0 atom stereocenters. The number of amides is 1. The monoisotopic (exact) mass is 340 g/mol. The average Bonchev–Trinajstić information content (AvgIpc) is 2.33. The first kappa shape index (κ1) is 13.8. The summed E-state index contributed by atoms with van der Waals surface area (Å²) in [7, 11) is 0. The van der Waals surface area contributed by atoms with Crippen LogP contribution in [-0.4, -0.2) is 10.9 Å². The number of benzene rings is 1. The summed E-state index contributed by atoms with van der Waals surface area (Å²) in [6, 6.07) is 8.15. The lowest BCUT2D eigenvalue weighted by Gasteiger charge is -2.06. The van der Waals surface area contributed by atoms with Crippen molar-refractivity contribution in [2.45, 2.75) is 6.92 Å². The predicted molar refractivity (Wildman–Crippen MR) is 78.9 cm³/mol. The molecule has 0 aliphatic carbocycles. The highest BCUT2D eigenvalue weighted by Crippen LogP contribution is 2.25. The quantitative estimate of drug-likeness (QED) is 0.880. The van der Waals surface area contributed by atoms with Crippen molar-refractivity contribution >= 4 is 39.1 Å². The Morgan fingerprint density at radius 2 is 2.05 bits per heavy atom. The first-order valence-electron chi connectivity index (χ1n) is 5.43. The molecule has 1 amide bonds. The largest absolute Gasteiger partial charge is 0.326 e. The molecular formula is C13H10BrClN2O2. The molecule has 19 heavy (non-hydrogen) atoms. The van der Waals surface area contributed by atoms with Crippen molar-refractivity contribution < 1.29 is 4.79 Å². The van der Waals surface area contributed by atoms with E-state index in [2.05, 4.69) is 26.2 Å². The number of H-pyrrole nitrogens is 1. The molecule has 0 radical (unpaired) electrons. The maximum absolute atomic E-state index is 12.0. The number of pyridine rings is 1. The molecule has 0 bridgehead atoms. The van der Waals surface area contributed by atoms with Gasteiger partial charge in [-0.1, -0.05) is 11.6 Å². The smallest absolute Gasteiger partial charge is 0.261 e. The van der Waals surface area contributed by atoms with Crippen molar-refractivity contribution in [2.24, 2.45) is 0 Å². The molecular weight excluding hydrogens is 332 g/mol. The minimum atomic E-state index is -0.463. The number of anilines is 1. The van der Waals surface area contributed by atoms with Crippen molar-refractivity contribution in [1.82, 2.24) is 4.98 Å². The molecule has 1 heterocycles. The number of aromatic nitrogens is 1. The number of aryl methyl sites for hydroxylation is 1. The summed E-state index contributed by atoms with van der Waals surface area (Å²) in [6.45, 7) is 1.75. The summed E-state index contributed by atoms with van der Waals surface area (Å²) in [5, 5.41) is 3.19. The molecule has 0 saturated carbocycles. The standard InChI is InChI=1S/C13H10BrClN2O2/c1-7-2-4-9(12(18)16-7)13(19)17-8-3-5-11(15)10(14)6-8/h2-6H,1H3,(H,16,18)(H,17,19). The zero-order valence-corrected chi connectivity index (χ0v) is 12.3. The fraction of sp³-hybridized carbons (Fsp3) is 0.0769. The Morgan fingerprint density at radius 3 is 2.68 bits per heavy atom. The molecule has 0 fully saturated rings. The summed E-state index contributed by atoms with van der Waals surface area (Å²) in [6.07, 6.45) is 0. The Hall–Kier alpha value is -1.59. The Kier molecular flexibility index (Phi) is 4.07. The van der Waals surface area contributed by atoms with E-state index in [4.69, 9.17) is 11.6 Å². The average molecular weight is 342 g/mol. The predicted octanol–water partition coefficient (Wildman–Crippen LogP) is 3.35. The van der Waals surface area contributed by atoms with Crippen LogP contribution in [0.25, 0.3) is 0 Å². The maximum Gasteiger partial charge on any atom is 0.261 e. The van der Waals surface area contributed by atoms with Gasteiger partial charge in [0.2, 0.25) is 0 Å². The Morgan fingerprint density at radius 1 is 1.32 bits per heavy atom. The van der Waals surface area contributed by atoms with Gasteiger partial charge in [-0.2, -0.15) is 0 Å². The molecule has 0 aliphatic rings. The van der Waals surface area contributed by atoms with Crippen LogP contribution in [0, 0.1) is 6.92 Å². The minimum absolute atomic E-state index is 0.0664. The summed E-state index contributed by atoms with van der Waals surface area (Å²) in [5.41, 5.74) is 0.916. The molecule has 2 aromatic rings. The molecule has 4 nitrogen and oxygen atoms in total. The van der Waals surface area contributed by atoms with E-state index in [1.165, 1.54) is 6.07 Å². The van der Waals surface area contributed by atoms with Gasteiger partial charge in [-0.25, -0.2) is 0 Å². The van der Waals surface area contributed by atoms with Crippen LogP contribution in [-0.2, 0) is 0 Å². The van der Waals surface area contributed by atoms with Gasteiger partial charge >= 0.3 is 0 Å². The van der Waals surface area contributed by atoms with Crippen molar-refractivity contribution in [2.75, 3.05) is 5.32 Å². The zero-order chi connectivity index (χ0) is 14.0. The Labute approximate surface area is 122 Å². The van der Waals surface area contributed by atoms with Crippen LogP contribution in [0.4, 0.5) is 5.69 Å². The highest BCUT2D eigenvalue weighted by Gasteiger charge is 2.11. The number of carbonyl (C=O) groups excluding carboxylic acids is 1. The second-order valence-corrected chi connectivity index (χ2v) is 5.23. The molecule has 0 unspecified atom stereocenters. The van der Waals surface area contributed by atoms with Crippen LogP contribution >= 0.6 is 27.5 Å². The highest BCUT2D eigenvalue weighted by molar-refractivity contribution is 9.10. The fourth-order valence-corrected chi connectivity index (χ4v) is 2.02. The topological polar surface area (TPSA) is 62.0 Å². The van der Waals surface area contributed by atoms with Crippen LogP contribution in [0.1, 0.15) is 16.1 Å². The molecule has 98 valence electrons. The Balaban J connectivity index is 2.25. The SMILES string of the molecule is Cc1ccc(C(=O)Nc2ccc(Cl)c(Br)c2)c(=O)[nH]1. The molecule has 2 rings (SSSR count). The molecule has 1 aromatic heterocycles. The molecule has 0 aliphatic heterocycles. The second kappa shape index (κ2) is 5.59. The number of nitrogens with one attached hydrogen (secondary N) is 2. The number of aromatic amines is 1. The van der Waals surface area contributed by atoms with Crippen LogP contribution in [0.15, 0.2) is 39.6 Å². The maximum atomic E-state index is 12.0. The third-order valence-corrected chi connectivity index (χ3v) is 3.69. The normalized spacial score (nSPS) is 10.3. The lowest BCUT2D eigenvalue weighted by molar-refractivity contribution is 0.102. The minimum Gasteiger partial charge on any atom is -0.326 e. The Bertz CT molecular complexity index is 697. The van der Waals surface area contributed by atoms with Gasteiger partial charge in [-0.15, -0.1) is 0 Å². The first-order valence-corrected chi connectivity index (χ1v) is 6.61. The first-order chi connectivity index (χ1) is 8.97. The van der Waals surface area contributed by atoms with Crippen molar-refractivity contribution in [3.8, 4) is 0 Å². The molecule has 0 spiro atoms. The fourth-order valence-electron chi connectivity index (χ4n) is 1.52. The molecule has 0 saturated heterocycles. The summed E-state index contributed by atoms with van der Waals surface area (Å²) in [4.78, 5) is 26.2. The lowest BCUT2D eigenvalue weighted by Crippen LogP contribution is -2.23. The lowest BCUT2D eigenvalue weighted by atomic mass is 10.2. The van der Waals surface area contributed by atoms with Crippen molar-refractivity contribution in [3.05, 3.63) is 61.4 Å². The highest BCUT2D eigenvalue weighted by atomic mass is 79.9. The number of hydrogen-bond acceptors (Lipinski definition) is 2. The number of halogens is 2. The summed E-state index contributed by atoms with van der Waals surface area (Å²) >= 11 is 9.13. The van der Waals surface area contributed by atoms with Crippen molar-refractivity contribution in [1.29, 1.82) is 0 Å². The van der Waals surface area contributed by atoms with Crippen LogP contribution in [0.3, 0.4) is 0 Å². The van der Waals surface area contributed by atoms with E-state index in [1.54, 1.807) is 31.2 Å². The number of carbonyl (C=O) groups is 1.